The molecule has 0 saturated carbocycles. The summed E-state index contributed by atoms with van der Waals surface area (Å²) < 4.78 is 0. The van der Waals surface area contributed by atoms with Crippen molar-refractivity contribution in [2.45, 2.75) is 6.42 Å². The van der Waals surface area contributed by atoms with Crippen molar-refractivity contribution in [1.82, 2.24) is 0 Å². The first-order valence-electron chi connectivity index (χ1n) is 5.01. The third kappa shape index (κ3) is 1.32. The third-order valence-electron chi connectivity index (χ3n) is 2.93. The molecule has 0 heterocycles. The van der Waals surface area contributed by atoms with Crippen LogP contribution in [0.3, 0.4) is 0 Å². The Morgan fingerprint density at radius 1 is 0.733 bits per heavy atom. The van der Waals surface area contributed by atoms with Crippen LogP contribution in [0.25, 0.3) is 11.1 Å². The van der Waals surface area contributed by atoms with Crippen LogP contribution in [0.4, 0.5) is 0 Å². The van der Waals surface area contributed by atoms with Gasteiger partial charge in [-0.3, -0.25) is 0 Å². The lowest BCUT2D eigenvalue weighted by Crippen LogP contribution is -2.02. The Kier molecular flexibility index (Phi) is 1.79. The molecule has 0 amide bonds. The van der Waals surface area contributed by atoms with Gasteiger partial charge in [-0.1, -0.05) is 47.3 Å². The maximum Gasteiger partial charge on any atom is 0.113 e. The quantitative estimate of drug-likeness (QED) is 0.456. The van der Waals surface area contributed by atoms with Crippen LogP contribution in [-0.2, 0) is 6.42 Å². The fourth-order valence-electron chi connectivity index (χ4n) is 2.25. The Hall–Kier alpha value is -1.43. The van der Waals surface area contributed by atoms with Crippen LogP contribution in [0.15, 0.2) is 36.4 Å². The summed E-state index contributed by atoms with van der Waals surface area (Å²) in [6.45, 7) is 0. The molecule has 0 nitrogen and oxygen atoms in total. The highest BCUT2D eigenvalue weighted by molar-refractivity contribution is 6.33. The van der Waals surface area contributed by atoms with Gasteiger partial charge < -0.3 is 0 Å². The van der Waals surface area contributed by atoms with E-state index in [1.807, 2.05) is 24.3 Å². The summed E-state index contributed by atoms with van der Waals surface area (Å²) in [5, 5.41) is 0. The van der Waals surface area contributed by atoms with E-state index < -0.39 is 0 Å². The molecule has 66 valence electrons. The molecule has 0 saturated heterocycles. The number of benzene rings is 2. The van der Waals surface area contributed by atoms with Crippen molar-refractivity contribution in [2.75, 3.05) is 0 Å². The molecule has 0 fully saturated rings. The van der Waals surface area contributed by atoms with Crippen LogP contribution in [-0.4, -0.2) is 15.7 Å². The number of hydrogen-bond acceptors (Lipinski definition) is 0. The molecule has 1 aliphatic rings. The third-order valence-corrected chi connectivity index (χ3v) is 2.93. The van der Waals surface area contributed by atoms with Gasteiger partial charge in [-0.05, 0) is 28.7 Å². The zero-order chi connectivity index (χ0) is 10.4. The zero-order valence-electron chi connectivity index (χ0n) is 8.33. The molecule has 0 atom stereocenters. The molecule has 3 rings (SSSR count). The maximum absolute atomic E-state index is 5.77. The Morgan fingerprint density at radius 2 is 1.20 bits per heavy atom. The predicted molar refractivity (Wildman–Crippen MR) is 65.5 cm³/mol. The molecule has 15 heavy (non-hydrogen) atoms. The normalized spacial score (nSPS) is 12.3. The molecule has 1 aliphatic carbocycles. The average Bonchev–Trinajstić information content (AvgIpc) is 2.53. The minimum absolute atomic E-state index is 0.828. The van der Waals surface area contributed by atoms with E-state index in [4.69, 9.17) is 15.7 Å². The van der Waals surface area contributed by atoms with Crippen LogP contribution in [0.5, 0.6) is 0 Å². The van der Waals surface area contributed by atoms with Crippen molar-refractivity contribution in [1.29, 1.82) is 0 Å². The van der Waals surface area contributed by atoms with Crippen molar-refractivity contribution in [2.24, 2.45) is 0 Å². The van der Waals surface area contributed by atoms with Crippen molar-refractivity contribution < 1.29 is 0 Å². The second-order valence-electron chi connectivity index (χ2n) is 4.01. The fourth-order valence-corrected chi connectivity index (χ4v) is 2.25. The molecular formula is C13H8B2. The second-order valence-corrected chi connectivity index (χ2v) is 4.01. The van der Waals surface area contributed by atoms with Crippen LogP contribution in [0.1, 0.15) is 11.1 Å². The van der Waals surface area contributed by atoms with Gasteiger partial charge in [0.05, 0.1) is 0 Å². The minimum atomic E-state index is 0.828. The first kappa shape index (κ1) is 8.84. The highest BCUT2D eigenvalue weighted by Crippen LogP contribution is 2.34. The average molecular weight is 186 g/mol. The number of hydrogen-bond donors (Lipinski definition) is 0. The zero-order valence-corrected chi connectivity index (χ0v) is 8.33. The Morgan fingerprint density at radius 3 is 1.67 bits per heavy atom. The van der Waals surface area contributed by atoms with Crippen LogP contribution < -0.4 is 10.9 Å². The van der Waals surface area contributed by atoms with E-state index in [1.54, 1.807) is 0 Å². The first-order valence-corrected chi connectivity index (χ1v) is 5.01. The smallest absolute Gasteiger partial charge is 0.0963 e. The van der Waals surface area contributed by atoms with Gasteiger partial charge in [0.25, 0.3) is 0 Å². The fraction of sp³-hybridized carbons (Fsp3) is 0.0769. The van der Waals surface area contributed by atoms with Crippen molar-refractivity contribution >= 4 is 26.6 Å². The highest BCUT2D eigenvalue weighted by Gasteiger charge is 2.17. The summed E-state index contributed by atoms with van der Waals surface area (Å²) in [5.41, 5.74) is 6.84. The summed E-state index contributed by atoms with van der Waals surface area (Å²) >= 11 is 0. The van der Waals surface area contributed by atoms with Gasteiger partial charge in [-0.15, -0.1) is 0 Å². The van der Waals surface area contributed by atoms with E-state index in [9.17, 15) is 0 Å². The van der Waals surface area contributed by atoms with E-state index in [-0.39, 0.29) is 0 Å². The van der Waals surface area contributed by atoms with Gasteiger partial charge in [0.1, 0.15) is 15.7 Å². The second kappa shape index (κ2) is 3.03. The lowest BCUT2D eigenvalue weighted by molar-refractivity contribution is 1.27. The Balaban J connectivity index is 2.24. The molecule has 0 spiro atoms. The molecule has 2 aromatic carbocycles. The van der Waals surface area contributed by atoms with Gasteiger partial charge in [0, 0.05) is 0 Å². The SMILES string of the molecule is [B]c1ccc2c(c1)Cc1cc([B])ccc1-2. The van der Waals surface area contributed by atoms with E-state index >= 15 is 0 Å². The standard InChI is InChI=1S/C13H8B2/c14-10-1-3-12-8(6-10)5-9-7-11(15)2-4-13(9)12/h1-4,6-7H,5H2. The van der Waals surface area contributed by atoms with Gasteiger partial charge in [-0.2, -0.15) is 0 Å². The maximum atomic E-state index is 5.77. The van der Waals surface area contributed by atoms with Crippen LogP contribution >= 0.6 is 0 Å². The van der Waals surface area contributed by atoms with Gasteiger partial charge >= 0.3 is 0 Å². The lowest BCUT2D eigenvalue weighted by Gasteiger charge is -2.02. The molecule has 0 aromatic heterocycles. The summed E-state index contributed by atoms with van der Waals surface area (Å²) in [6, 6.07) is 12.2. The van der Waals surface area contributed by atoms with E-state index in [0.29, 0.717) is 0 Å². The van der Waals surface area contributed by atoms with E-state index in [2.05, 4.69) is 12.1 Å². The largest absolute Gasteiger partial charge is 0.113 e. The van der Waals surface area contributed by atoms with Crippen molar-refractivity contribution in [3.8, 4) is 11.1 Å². The van der Waals surface area contributed by atoms with Crippen molar-refractivity contribution in [3.05, 3.63) is 47.5 Å². The number of rotatable bonds is 0. The summed E-state index contributed by atoms with van der Waals surface area (Å²) in [6.07, 6.45) is 0.945. The summed E-state index contributed by atoms with van der Waals surface area (Å²) in [4.78, 5) is 0. The van der Waals surface area contributed by atoms with Crippen LogP contribution in [0.2, 0.25) is 0 Å². The molecule has 2 aromatic rings. The van der Waals surface area contributed by atoms with Gasteiger partial charge in [0.15, 0.2) is 0 Å². The molecule has 0 unspecified atom stereocenters. The highest BCUT2D eigenvalue weighted by atomic mass is 14.2. The molecule has 0 N–H and O–H groups in total. The van der Waals surface area contributed by atoms with Gasteiger partial charge in [-0.25, -0.2) is 0 Å². The van der Waals surface area contributed by atoms with Crippen molar-refractivity contribution in [3.63, 3.8) is 0 Å². The summed E-state index contributed by atoms with van der Waals surface area (Å²) in [7, 11) is 11.5. The van der Waals surface area contributed by atoms with Crippen LogP contribution in [0, 0.1) is 0 Å². The topological polar surface area (TPSA) is 0 Å². The minimum Gasteiger partial charge on any atom is -0.0963 e. The number of fused-ring (bicyclic) bond motifs is 3. The van der Waals surface area contributed by atoms with E-state index in [0.717, 1.165) is 17.3 Å². The lowest BCUT2D eigenvalue weighted by atomic mass is 9.91. The van der Waals surface area contributed by atoms with Gasteiger partial charge in [0.2, 0.25) is 0 Å². The summed E-state index contributed by atoms with van der Waals surface area (Å²) in [5.74, 6) is 0. The van der Waals surface area contributed by atoms with E-state index in [1.165, 1.54) is 22.3 Å². The predicted octanol–water partition coefficient (Wildman–Crippen LogP) is 0.845. The molecule has 0 aliphatic heterocycles. The monoisotopic (exact) mass is 186 g/mol. The molecular weight excluding hydrogens is 178 g/mol. The Bertz CT molecular complexity index is 495. The molecule has 2 heteroatoms. The molecule has 4 radical (unpaired) electrons. The molecule has 0 bridgehead atoms. The Labute approximate surface area is 92.2 Å². The first-order chi connectivity index (χ1) is 7.24.